The number of amides is 1. The van der Waals surface area contributed by atoms with Crippen molar-refractivity contribution >= 4 is 17.6 Å². The molecule has 7 heteroatoms. The monoisotopic (exact) mass is 363 g/mol. The number of hydrogen-bond acceptors (Lipinski definition) is 5. The Balaban J connectivity index is 1.71. The fourth-order valence-electron chi connectivity index (χ4n) is 2.65. The second-order valence-corrected chi connectivity index (χ2v) is 5.91. The highest BCUT2D eigenvalue weighted by atomic mass is 16.5. The van der Waals surface area contributed by atoms with E-state index in [-0.39, 0.29) is 22.8 Å². The van der Waals surface area contributed by atoms with E-state index in [1.54, 1.807) is 48.1 Å². The third kappa shape index (κ3) is 3.90. The van der Waals surface area contributed by atoms with Crippen molar-refractivity contribution in [3.8, 4) is 12.0 Å². The smallest absolute Gasteiger partial charge is 0.343 e. The van der Waals surface area contributed by atoms with Gasteiger partial charge in [0.05, 0.1) is 0 Å². The summed E-state index contributed by atoms with van der Waals surface area (Å²) in [5.74, 6) is -0.777. The lowest BCUT2D eigenvalue weighted by molar-refractivity contribution is -0.119. The Morgan fingerprint density at radius 3 is 2.63 bits per heavy atom. The van der Waals surface area contributed by atoms with Gasteiger partial charge >= 0.3 is 5.97 Å². The van der Waals surface area contributed by atoms with E-state index in [1.165, 1.54) is 0 Å². The molecule has 0 unspecified atom stereocenters. The Kier molecular flexibility index (Phi) is 5.08. The van der Waals surface area contributed by atoms with Gasteiger partial charge in [-0.2, -0.15) is 5.26 Å². The first-order chi connectivity index (χ1) is 13.0. The summed E-state index contributed by atoms with van der Waals surface area (Å²) in [6, 6.07) is 12.8. The zero-order valence-corrected chi connectivity index (χ0v) is 14.9. The molecule has 0 spiro atoms. The highest BCUT2D eigenvalue weighted by Gasteiger charge is 2.26. The lowest BCUT2D eigenvalue weighted by atomic mass is 10.1. The van der Waals surface area contributed by atoms with Crippen LogP contribution in [-0.4, -0.2) is 23.1 Å². The summed E-state index contributed by atoms with van der Waals surface area (Å²) in [4.78, 5) is 24.4. The Bertz CT molecular complexity index is 1030. The summed E-state index contributed by atoms with van der Waals surface area (Å²) in [5, 5.41) is 12.1. The Morgan fingerprint density at radius 1 is 1.22 bits per heavy atom. The molecule has 1 aromatic carbocycles. The number of rotatable bonds is 5. The first-order valence-corrected chi connectivity index (χ1v) is 8.20. The number of nitrogens with zero attached hydrogens (tertiary/aromatic N) is 2. The van der Waals surface area contributed by atoms with Crippen molar-refractivity contribution in [3.05, 3.63) is 71.2 Å². The minimum Gasteiger partial charge on any atom is -0.452 e. The average Bonchev–Trinajstić information content (AvgIpc) is 3.27. The van der Waals surface area contributed by atoms with Crippen LogP contribution >= 0.6 is 0 Å². The van der Waals surface area contributed by atoms with E-state index in [4.69, 9.17) is 9.15 Å². The van der Waals surface area contributed by atoms with Crippen LogP contribution in [0.25, 0.3) is 5.88 Å². The lowest BCUT2D eigenvalue weighted by Gasteiger charge is -2.07. The topological polar surface area (TPSA) is 97.3 Å². The fraction of sp³-hybridized carbons (Fsp3) is 0.150. The van der Waals surface area contributed by atoms with Crippen LogP contribution in [0.2, 0.25) is 0 Å². The van der Waals surface area contributed by atoms with Crippen LogP contribution in [0.4, 0.5) is 5.69 Å². The number of esters is 1. The zero-order chi connectivity index (χ0) is 19.4. The van der Waals surface area contributed by atoms with E-state index in [0.29, 0.717) is 5.69 Å². The fourth-order valence-corrected chi connectivity index (χ4v) is 2.65. The molecule has 0 bridgehead atoms. The van der Waals surface area contributed by atoms with Gasteiger partial charge in [-0.05, 0) is 43.7 Å². The molecule has 0 atom stereocenters. The van der Waals surface area contributed by atoms with Crippen LogP contribution in [0.15, 0.2) is 53.2 Å². The van der Waals surface area contributed by atoms with E-state index in [2.05, 4.69) is 5.32 Å². The molecule has 2 aromatic heterocycles. The molecule has 1 amide bonds. The standard InChI is InChI=1S/C20H17N3O4/c1-13-6-5-7-15(10-13)22-17(24)12-26-20(25)18-14(2)27-19(16(18)11-21)23-8-3-4-9-23/h3-10H,12H2,1-2H3,(H,22,24). The molecule has 0 saturated heterocycles. The van der Waals surface area contributed by atoms with Crippen molar-refractivity contribution in [1.29, 1.82) is 5.26 Å². The molecule has 7 nitrogen and oxygen atoms in total. The Labute approximate surface area is 155 Å². The van der Waals surface area contributed by atoms with Gasteiger partial charge in [0, 0.05) is 18.1 Å². The summed E-state index contributed by atoms with van der Waals surface area (Å²) in [6.45, 7) is 3.00. The molecule has 0 aliphatic heterocycles. The average molecular weight is 363 g/mol. The van der Waals surface area contributed by atoms with E-state index < -0.39 is 18.5 Å². The lowest BCUT2D eigenvalue weighted by Crippen LogP contribution is -2.21. The molecule has 1 N–H and O–H groups in total. The molecule has 3 rings (SSSR count). The molecule has 0 fully saturated rings. The maximum atomic E-state index is 12.4. The second-order valence-electron chi connectivity index (χ2n) is 5.91. The number of ether oxygens (including phenoxy) is 1. The number of nitriles is 1. The van der Waals surface area contributed by atoms with Crippen molar-refractivity contribution in [2.24, 2.45) is 0 Å². The minimum absolute atomic E-state index is 0.0181. The predicted octanol–water partition coefficient (Wildman–Crippen LogP) is 3.35. The van der Waals surface area contributed by atoms with Gasteiger partial charge in [-0.15, -0.1) is 0 Å². The molecular formula is C20H17N3O4. The van der Waals surface area contributed by atoms with Gasteiger partial charge in [-0.25, -0.2) is 4.79 Å². The summed E-state index contributed by atoms with van der Waals surface area (Å²) < 4.78 is 12.2. The molecule has 27 heavy (non-hydrogen) atoms. The zero-order valence-electron chi connectivity index (χ0n) is 14.9. The van der Waals surface area contributed by atoms with Crippen LogP contribution in [0.5, 0.6) is 0 Å². The number of aryl methyl sites for hydroxylation is 2. The summed E-state index contributed by atoms with van der Waals surface area (Å²) >= 11 is 0. The molecule has 136 valence electrons. The van der Waals surface area contributed by atoms with E-state index in [9.17, 15) is 14.9 Å². The summed E-state index contributed by atoms with van der Waals surface area (Å²) in [5.41, 5.74) is 1.69. The van der Waals surface area contributed by atoms with E-state index in [0.717, 1.165) is 5.56 Å². The first kappa shape index (κ1) is 18.0. The van der Waals surface area contributed by atoms with Gasteiger partial charge in [-0.3, -0.25) is 9.36 Å². The molecule has 0 aliphatic rings. The number of anilines is 1. The molecule has 0 radical (unpaired) electrons. The van der Waals surface area contributed by atoms with Crippen LogP contribution in [0.1, 0.15) is 27.2 Å². The first-order valence-electron chi connectivity index (χ1n) is 8.20. The van der Waals surface area contributed by atoms with Crippen molar-refractivity contribution in [2.75, 3.05) is 11.9 Å². The van der Waals surface area contributed by atoms with Crippen LogP contribution in [0.3, 0.4) is 0 Å². The van der Waals surface area contributed by atoms with Gasteiger partial charge in [0.15, 0.2) is 6.61 Å². The number of carbonyl (C=O) groups is 2. The van der Waals surface area contributed by atoms with Gasteiger partial charge in [0.1, 0.15) is 23.0 Å². The second kappa shape index (κ2) is 7.62. The van der Waals surface area contributed by atoms with Crippen LogP contribution < -0.4 is 5.32 Å². The largest absolute Gasteiger partial charge is 0.452 e. The van der Waals surface area contributed by atoms with Gasteiger partial charge in [0.2, 0.25) is 5.88 Å². The number of aromatic nitrogens is 1. The number of benzene rings is 1. The van der Waals surface area contributed by atoms with Gasteiger partial charge in [-0.1, -0.05) is 12.1 Å². The van der Waals surface area contributed by atoms with Crippen LogP contribution in [0, 0.1) is 25.2 Å². The number of carbonyl (C=O) groups excluding carboxylic acids is 2. The van der Waals surface area contributed by atoms with Gasteiger partial charge in [0.25, 0.3) is 5.91 Å². The third-order valence-electron chi connectivity index (χ3n) is 3.86. The third-order valence-corrected chi connectivity index (χ3v) is 3.86. The molecule has 2 heterocycles. The highest BCUT2D eigenvalue weighted by Crippen LogP contribution is 2.26. The van der Waals surface area contributed by atoms with Gasteiger partial charge < -0.3 is 14.5 Å². The van der Waals surface area contributed by atoms with E-state index >= 15 is 0 Å². The Morgan fingerprint density at radius 2 is 1.96 bits per heavy atom. The summed E-state index contributed by atoms with van der Waals surface area (Å²) in [6.07, 6.45) is 3.40. The van der Waals surface area contributed by atoms with E-state index in [1.807, 2.05) is 25.1 Å². The molecule has 0 aliphatic carbocycles. The number of nitrogens with one attached hydrogen (secondary N) is 1. The Hall–Kier alpha value is -3.79. The maximum Gasteiger partial charge on any atom is 0.343 e. The molecule has 3 aromatic rings. The highest BCUT2D eigenvalue weighted by molar-refractivity contribution is 5.97. The van der Waals surface area contributed by atoms with Crippen molar-refractivity contribution < 1.29 is 18.7 Å². The van der Waals surface area contributed by atoms with Crippen LogP contribution in [-0.2, 0) is 9.53 Å². The van der Waals surface area contributed by atoms with Crippen molar-refractivity contribution in [1.82, 2.24) is 4.57 Å². The quantitative estimate of drug-likeness (QED) is 0.701. The predicted molar refractivity (Wildman–Crippen MR) is 97.6 cm³/mol. The number of furan rings is 1. The SMILES string of the molecule is Cc1cccc(NC(=O)COC(=O)c2c(C)oc(-n3cccc3)c2C#N)c1. The van der Waals surface area contributed by atoms with Crippen molar-refractivity contribution in [2.45, 2.75) is 13.8 Å². The molecular weight excluding hydrogens is 346 g/mol. The maximum absolute atomic E-state index is 12.4. The molecule has 0 saturated carbocycles. The summed E-state index contributed by atoms with van der Waals surface area (Å²) in [7, 11) is 0. The minimum atomic E-state index is -0.786. The number of hydrogen-bond donors (Lipinski definition) is 1. The normalized spacial score (nSPS) is 10.3. The van der Waals surface area contributed by atoms with Crippen molar-refractivity contribution in [3.63, 3.8) is 0 Å².